The Bertz CT molecular complexity index is 871. The smallest absolute Gasteiger partial charge is 0.255 e. The highest BCUT2D eigenvalue weighted by molar-refractivity contribution is 6.31. The van der Waals surface area contributed by atoms with E-state index in [1.54, 1.807) is 42.5 Å². The number of carbonyl (C=O) groups is 1. The Morgan fingerprint density at radius 3 is 2.62 bits per heavy atom. The third-order valence-corrected chi connectivity index (χ3v) is 3.28. The maximum atomic E-state index is 12.3. The maximum absolute atomic E-state index is 12.3. The molecule has 3 rings (SSSR count). The number of hydrogen-bond acceptors (Lipinski definition) is 5. The number of anilines is 2. The molecule has 0 aliphatic carbocycles. The van der Waals surface area contributed by atoms with Crippen molar-refractivity contribution in [3.63, 3.8) is 0 Å². The van der Waals surface area contributed by atoms with Gasteiger partial charge in [-0.05, 0) is 24.3 Å². The van der Waals surface area contributed by atoms with Crippen LogP contribution in [0.4, 0.5) is 11.4 Å². The Morgan fingerprint density at radius 1 is 1.08 bits per heavy atom. The Kier molecular flexibility index (Phi) is 4.58. The van der Waals surface area contributed by atoms with E-state index in [4.69, 9.17) is 22.1 Å². The van der Waals surface area contributed by atoms with Crippen LogP contribution in [-0.4, -0.2) is 15.9 Å². The molecule has 120 valence electrons. The average Bonchev–Trinajstić information content (AvgIpc) is 2.55. The maximum Gasteiger partial charge on any atom is 0.255 e. The molecule has 3 N–H and O–H groups in total. The highest BCUT2D eigenvalue weighted by Gasteiger charge is 2.09. The van der Waals surface area contributed by atoms with E-state index in [1.807, 2.05) is 0 Å². The highest BCUT2D eigenvalue weighted by atomic mass is 35.5. The lowest BCUT2D eigenvalue weighted by atomic mass is 10.2. The number of nitrogens with zero attached hydrogens (tertiary/aromatic N) is 2. The van der Waals surface area contributed by atoms with E-state index in [0.717, 1.165) is 0 Å². The first kappa shape index (κ1) is 15.8. The normalized spacial score (nSPS) is 10.2. The lowest BCUT2D eigenvalue weighted by molar-refractivity contribution is 0.102. The van der Waals surface area contributed by atoms with Crippen LogP contribution in [0.5, 0.6) is 11.5 Å². The van der Waals surface area contributed by atoms with Crippen molar-refractivity contribution in [2.24, 2.45) is 0 Å². The van der Waals surface area contributed by atoms with Crippen molar-refractivity contribution in [1.82, 2.24) is 9.97 Å². The number of nitrogen functional groups attached to an aromatic ring is 1. The number of nitrogens with one attached hydrogen (secondary N) is 1. The zero-order chi connectivity index (χ0) is 16.9. The molecule has 3 aromatic rings. The summed E-state index contributed by atoms with van der Waals surface area (Å²) < 4.78 is 5.63. The molecule has 1 heterocycles. The van der Waals surface area contributed by atoms with Gasteiger partial charge in [-0.15, -0.1) is 0 Å². The average molecular weight is 341 g/mol. The molecule has 0 bridgehead atoms. The first-order valence-corrected chi connectivity index (χ1v) is 7.38. The van der Waals surface area contributed by atoms with Crippen LogP contribution >= 0.6 is 11.6 Å². The van der Waals surface area contributed by atoms with Crippen LogP contribution < -0.4 is 15.8 Å². The molecule has 2 aromatic carbocycles. The van der Waals surface area contributed by atoms with Crippen LogP contribution in [-0.2, 0) is 0 Å². The lowest BCUT2D eigenvalue weighted by Crippen LogP contribution is -2.12. The van der Waals surface area contributed by atoms with Gasteiger partial charge in [-0.25, -0.2) is 9.97 Å². The molecule has 0 atom stereocenters. The number of benzene rings is 2. The monoisotopic (exact) mass is 340 g/mol. The van der Waals surface area contributed by atoms with E-state index in [2.05, 4.69) is 15.3 Å². The summed E-state index contributed by atoms with van der Waals surface area (Å²) in [5.74, 6) is 0.638. The zero-order valence-electron chi connectivity index (χ0n) is 12.4. The standard InChI is InChI=1S/C17H13ClN4O2/c18-12-3-1-2-11(4-12)17(23)22-14-5-13(19)6-15(7-14)24-16-8-20-10-21-9-16/h1-10H,19H2,(H,22,23). The largest absolute Gasteiger partial charge is 0.454 e. The second-order valence-corrected chi connectivity index (χ2v) is 5.37. The van der Waals surface area contributed by atoms with Crippen molar-refractivity contribution in [1.29, 1.82) is 0 Å². The minimum atomic E-state index is -0.294. The first-order chi connectivity index (χ1) is 11.6. The molecule has 0 spiro atoms. The fraction of sp³-hybridized carbons (Fsp3) is 0. The SMILES string of the molecule is Nc1cc(NC(=O)c2cccc(Cl)c2)cc(Oc2cncnc2)c1. The fourth-order valence-electron chi connectivity index (χ4n) is 2.06. The molecule has 6 nitrogen and oxygen atoms in total. The number of amides is 1. The summed E-state index contributed by atoms with van der Waals surface area (Å²) in [5, 5.41) is 3.25. The molecule has 24 heavy (non-hydrogen) atoms. The Hall–Kier alpha value is -3.12. The zero-order valence-corrected chi connectivity index (χ0v) is 13.2. The van der Waals surface area contributed by atoms with Crippen LogP contribution in [0.25, 0.3) is 0 Å². The Morgan fingerprint density at radius 2 is 1.88 bits per heavy atom. The van der Waals surface area contributed by atoms with Gasteiger partial charge in [-0.3, -0.25) is 4.79 Å². The molecule has 0 saturated carbocycles. The van der Waals surface area contributed by atoms with Gasteiger partial charge in [0.25, 0.3) is 5.91 Å². The minimum absolute atomic E-state index is 0.294. The topological polar surface area (TPSA) is 90.1 Å². The van der Waals surface area contributed by atoms with E-state index in [-0.39, 0.29) is 5.91 Å². The van der Waals surface area contributed by atoms with Gasteiger partial charge in [-0.2, -0.15) is 0 Å². The molecule has 0 fully saturated rings. The summed E-state index contributed by atoms with van der Waals surface area (Å²) in [6.07, 6.45) is 4.46. The molecule has 7 heteroatoms. The van der Waals surface area contributed by atoms with Crippen molar-refractivity contribution >= 4 is 28.9 Å². The van der Waals surface area contributed by atoms with E-state index in [0.29, 0.717) is 33.5 Å². The molecular formula is C17H13ClN4O2. The van der Waals surface area contributed by atoms with Crippen molar-refractivity contribution in [2.45, 2.75) is 0 Å². The van der Waals surface area contributed by atoms with Crippen molar-refractivity contribution in [2.75, 3.05) is 11.1 Å². The van der Waals surface area contributed by atoms with Crippen LogP contribution in [0.2, 0.25) is 5.02 Å². The number of ether oxygens (including phenoxy) is 1. The third kappa shape index (κ3) is 3.99. The van der Waals surface area contributed by atoms with Gasteiger partial charge in [0.1, 0.15) is 12.1 Å². The van der Waals surface area contributed by atoms with Crippen molar-refractivity contribution < 1.29 is 9.53 Å². The predicted octanol–water partition coefficient (Wildman–Crippen LogP) is 3.76. The van der Waals surface area contributed by atoms with E-state index in [1.165, 1.54) is 18.7 Å². The van der Waals surface area contributed by atoms with E-state index < -0.39 is 0 Å². The number of rotatable bonds is 4. The number of nitrogens with two attached hydrogens (primary N) is 1. The number of aromatic nitrogens is 2. The van der Waals surface area contributed by atoms with Gasteiger partial charge in [0.2, 0.25) is 0 Å². The molecule has 0 aliphatic rings. The molecule has 1 aromatic heterocycles. The van der Waals surface area contributed by atoms with Gasteiger partial charge in [0, 0.05) is 34.1 Å². The summed E-state index contributed by atoms with van der Waals surface area (Å²) in [7, 11) is 0. The number of hydrogen-bond donors (Lipinski definition) is 2. The fourth-order valence-corrected chi connectivity index (χ4v) is 2.25. The van der Waals surface area contributed by atoms with Crippen LogP contribution in [0, 0.1) is 0 Å². The highest BCUT2D eigenvalue weighted by Crippen LogP contribution is 2.27. The molecule has 1 amide bonds. The van der Waals surface area contributed by atoms with Gasteiger partial charge in [-0.1, -0.05) is 17.7 Å². The minimum Gasteiger partial charge on any atom is -0.454 e. The van der Waals surface area contributed by atoms with E-state index in [9.17, 15) is 4.79 Å². The third-order valence-electron chi connectivity index (χ3n) is 3.05. The van der Waals surface area contributed by atoms with Gasteiger partial charge in [0.05, 0.1) is 12.4 Å². The second-order valence-electron chi connectivity index (χ2n) is 4.93. The molecule has 0 aliphatic heterocycles. The molecule has 0 saturated heterocycles. The predicted molar refractivity (Wildman–Crippen MR) is 92.4 cm³/mol. The van der Waals surface area contributed by atoms with Gasteiger partial charge < -0.3 is 15.8 Å². The van der Waals surface area contributed by atoms with Gasteiger partial charge >= 0.3 is 0 Å². The van der Waals surface area contributed by atoms with E-state index >= 15 is 0 Å². The molecule has 0 unspecified atom stereocenters. The Labute approximate surface area is 143 Å². The van der Waals surface area contributed by atoms with Gasteiger partial charge in [0.15, 0.2) is 5.75 Å². The summed E-state index contributed by atoms with van der Waals surface area (Å²) >= 11 is 5.90. The molecule has 0 radical (unpaired) electrons. The molecular weight excluding hydrogens is 328 g/mol. The summed E-state index contributed by atoms with van der Waals surface area (Å²) in [6, 6.07) is 11.6. The summed E-state index contributed by atoms with van der Waals surface area (Å²) in [5.41, 5.74) is 7.27. The number of halogens is 1. The summed E-state index contributed by atoms with van der Waals surface area (Å²) in [6.45, 7) is 0. The summed E-state index contributed by atoms with van der Waals surface area (Å²) in [4.78, 5) is 20.0. The van der Waals surface area contributed by atoms with Crippen molar-refractivity contribution in [3.8, 4) is 11.5 Å². The van der Waals surface area contributed by atoms with Crippen LogP contribution in [0.3, 0.4) is 0 Å². The lowest BCUT2D eigenvalue weighted by Gasteiger charge is -2.10. The van der Waals surface area contributed by atoms with Crippen LogP contribution in [0.1, 0.15) is 10.4 Å². The Balaban J connectivity index is 1.80. The number of carbonyl (C=O) groups excluding carboxylic acids is 1. The van der Waals surface area contributed by atoms with Crippen molar-refractivity contribution in [3.05, 3.63) is 71.8 Å². The first-order valence-electron chi connectivity index (χ1n) is 7.00. The van der Waals surface area contributed by atoms with Crippen LogP contribution in [0.15, 0.2) is 61.2 Å². The second kappa shape index (κ2) is 6.97. The quantitative estimate of drug-likeness (QED) is 0.706.